The first-order valence-electron chi connectivity index (χ1n) is 6.15. The van der Waals surface area contributed by atoms with Crippen LogP contribution >= 0.6 is 0 Å². The minimum Gasteiger partial charge on any atom is -0.466 e. The van der Waals surface area contributed by atoms with Crippen molar-refractivity contribution in [1.82, 2.24) is 5.32 Å². The summed E-state index contributed by atoms with van der Waals surface area (Å²) in [7, 11) is 0. The molecule has 0 saturated carbocycles. The van der Waals surface area contributed by atoms with Gasteiger partial charge in [0.2, 0.25) is 0 Å². The molecule has 4 heteroatoms. The zero-order valence-electron chi connectivity index (χ0n) is 11.0. The number of hydrogen-bond acceptors (Lipinski definition) is 3. The van der Waals surface area contributed by atoms with Crippen molar-refractivity contribution in [3.63, 3.8) is 0 Å². The minimum absolute atomic E-state index is 0.147. The van der Waals surface area contributed by atoms with Crippen LogP contribution in [0.15, 0.2) is 40.8 Å². The van der Waals surface area contributed by atoms with E-state index in [0.717, 1.165) is 5.56 Å². The van der Waals surface area contributed by atoms with Crippen molar-refractivity contribution in [2.24, 2.45) is 0 Å². The highest BCUT2D eigenvalue weighted by molar-refractivity contribution is 5.95. The van der Waals surface area contributed by atoms with Crippen LogP contribution in [-0.2, 0) is 0 Å². The molecule has 1 aromatic carbocycles. The SMILES string of the molecule is Cc1cc(C(=O)N[C@@H](CO)c2ccccc2)c(C)o1. The molecular formula is C15H17NO3. The molecule has 0 saturated heterocycles. The molecule has 2 aromatic rings. The number of nitrogens with one attached hydrogen (secondary N) is 1. The molecule has 1 amide bonds. The van der Waals surface area contributed by atoms with Gasteiger partial charge in [-0.1, -0.05) is 30.3 Å². The second-order valence-electron chi connectivity index (χ2n) is 4.45. The minimum atomic E-state index is -0.414. The molecule has 0 aliphatic heterocycles. The molecule has 0 aliphatic carbocycles. The van der Waals surface area contributed by atoms with E-state index < -0.39 is 6.04 Å². The number of aryl methyl sites for hydroxylation is 2. The van der Waals surface area contributed by atoms with Crippen LogP contribution in [0.5, 0.6) is 0 Å². The smallest absolute Gasteiger partial charge is 0.255 e. The summed E-state index contributed by atoms with van der Waals surface area (Å²) in [5.74, 6) is 1.04. The highest BCUT2D eigenvalue weighted by Crippen LogP contribution is 2.16. The Morgan fingerprint density at radius 3 is 2.53 bits per heavy atom. The van der Waals surface area contributed by atoms with Crippen molar-refractivity contribution >= 4 is 5.91 Å². The number of benzene rings is 1. The largest absolute Gasteiger partial charge is 0.466 e. The lowest BCUT2D eigenvalue weighted by molar-refractivity contribution is 0.0914. The maximum absolute atomic E-state index is 12.1. The van der Waals surface area contributed by atoms with E-state index >= 15 is 0 Å². The molecule has 1 atom stereocenters. The summed E-state index contributed by atoms with van der Waals surface area (Å²) in [5, 5.41) is 12.2. The van der Waals surface area contributed by atoms with E-state index in [2.05, 4.69) is 5.32 Å². The van der Waals surface area contributed by atoms with E-state index in [9.17, 15) is 9.90 Å². The van der Waals surface area contributed by atoms with Crippen LogP contribution < -0.4 is 5.32 Å². The number of aliphatic hydroxyl groups excluding tert-OH is 1. The first-order chi connectivity index (χ1) is 9.11. The highest BCUT2D eigenvalue weighted by atomic mass is 16.3. The van der Waals surface area contributed by atoms with Crippen LogP contribution in [0.2, 0.25) is 0 Å². The topological polar surface area (TPSA) is 62.5 Å². The summed E-state index contributed by atoms with van der Waals surface area (Å²) in [6.45, 7) is 3.40. The van der Waals surface area contributed by atoms with Crippen molar-refractivity contribution in [3.8, 4) is 0 Å². The standard InChI is InChI=1S/C15H17NO3/c1-10-8-13(11(2)19-10)15(18)16-14(9-17)12-6-4-3-5-7-12/h3-8,14,17H,9H2,1-2H3,(H,16,18)/t14-/m0/s1. The fraction of sp³-hybridized carbons (Fsp3) is 0.267. The van der Waals surface area contributed by atoms with Crippen molar-refractivity contribution < 1.29 is 14.3 Å². The maximum atomic E-state index is 12.1. The Hall–Kier alpha value is -2.07. The van der Waals surface area contributed by atoms with Crippen LogP contribution in [0, 0.1) is 13.8 Å². The first kappa shape index (κ1) is 13.4. The number of rotatable bonds is 4. The monoisotopic (exact) mass is 259 g/mol. The molecule has 0 unspecified atom stereocenters. The molecule has 0 aliphatic rings. The molecule has 100 valence electrons. The lowest BCUT2D eigenvalue weighted by Gasteiger charge is -2.16. The number of furan rings is 1. The summed E-state index contributed by atoms with van der Waals surface area (Å²) in [4.78, 5) is 12.1. The number of carbonyl (C=O) groups is 1. The zero-order valence-corrected chi connectivity index (χ0v) is 11.0. The van der Waals surface area contributed by atoms with E-state index in [4.69, 9.17) is 4.42 Å². The maximum Gasteiger partial charge on any atom is 0.255 e. The van der Waals surface area contributed by atoms with Gasteiger partial charge in [-0.2, -0.15) is 0 Å². The van der Waals surface area contributed by atoms with Crippen LogP contribution in [-0.4, -0.2) is 17.6 Å². The number of aliphatic hydroxyl groups is 1. The second-order valence-corrected chi connectivity index (χ2v) is 4.45. The molecule has 0 bridgehead atoms. The van der Waals surface area contributed by atoms with Crippen LogP contribution in [0.3, 0.4) is 0 Å². The van der Waals surface area contributed by atoms with E-state index in [-0.39, 0.29) is 12.5 Å². The summed E-state index contributed by atoms with van der Waals surface area (Å²) < 4.78 is 5.33. The molecule has 0 spiro atoms. The predicted octanol–water partition coefficient (Wildman–Crippen LogP) is 2.36. The highest BCUT2D eigenvalue weighted by Gasteiger charge is 2.18. The second kappa shape index (κ2) is 5.71. The molecule has 2 N–H and O–H groups in total. The Kier molecular flexibility index (Phi) is 4.02. The zero-order chi connectivity index (χ0) is 13.8. The third kappa shape index (κ3) is 3.03. The van der Waals surface area contributed by atoms with E-state index in [1.807, 2.05) is 30.3 Å². The van der Waals surface area contributed by atoms with Gasteiger partial charge in [0.15, 0.2) is 0 Å². The lowest BCUT2D eigenvalue weighted by atomic mass is 10.1. The molecule has 2 rings (SSSR count). The van der Waals surface area contributed by atoms with Gasteiger partial charge in [-0.05, 0) is 25.5 Å². The Bertz CT molecular complexity index is 560. The van der Waals surface area contributed by atoms with E-state index in [1.54, 1.807) is 19.9 Å². The van der Waals surface area contributed by atoms with Crippen LogP contribution in [0.4, 0.5) is 0 Å². The van der Waals surface area contributed by atoms with Gasteiger partial charge in [0.05, 0.1) is 18.2 Å². The first-order valence-corrected chi connectivity index (χ1v) is 6.15. The van der Waals surface area contributed by atoms with Crippen LogP contribution in [0.25, 0.3) is 0 Å². The van der Waals surface area contributed by atoms with Crippen molar-refractivity contribution in [2.75, 3.05) is 6.61 Å². The van der Waals surface area contributed by atoms with Gasteiger partial charge < -0.3 is 14.8 Å². The van der Waals surface area contributed by atoms with E-state index in [0.29, 0.717) is 17.1 Å². The Morgan fingerprint density at radius 2 is 2.00 bits per heavy atom. The summed E-state index contributed by atoms with van der Waals surface area (Å²) >= 11 is 0. The van der Waals surface area contributed by atoms with Gasteiger partial charge in [-0.3, -0.25) is 4.79 Å². The summed E-state index contributed by atoms with van der Waals surface area (Å²) in [6, 6.07) is 10.7. The number of amides is 1. The van der Waals surface area contributed by atoms with Gasteiger partial charge in [-0.25, -0.2) is 0 Å². The van der Waals surface area contributed by atoms with E-state index in [1.165, 1.54) is 0 Å². The summed E-state index contributed by atoms with van der Waals surface area (Å²) in [5.41, 5.74) is 1.38. The number of carbonyl (C=O) groups excluding carboxylic acids is 1. The van der Waals surface area contributed by atoms with Crippen LogP contribution in [0.1, 0.15) is 33.5 Å². The molecule has 0 radical (unpaired) electrons. The fourth-order valence-corrected chi connectivity index (χ4v) is 2.01. The molecule has 4 nitrogen and oxygen atoms in total. The fourth-order valence-electron chi connectivity index (χ4n) is 2.01. The van der Waals surface area contributed by atoms with Crippen molar-refractivity contribution in [2.45, 2.75) is 19.9 Å². The van der Waals surface area contributed by atoms with Gasteiger partial charge in [0.25, 0.3) is 5.91 Å². The molecule has 1 heterocycles. The third-order valence-electron chi connectivity index (χ3n) is 2.98. The Morgan fingerprint density at radius 1 is 1.32 bits per heavy atom. The van der Waals surface area contributed by atoms with Crippen molar-refractivity contribution in [1.29, 1.82) is 0 Å². The quantitative estimate of drug-likeness (QED) is 0.886. The van der Waals surface area contributed by atoms with Crippen molar-refractivity contribution in [3.05, 3.63) is 59.0 Å². The molecule has 1 aromatic heterocycles. The lowest BCUT2D eigenvalue weighted by Crippen LogP contribution is -2.30. The number of hydrogen-bond donors (Lipinski definition) is 2. The summed E-state index contributed by atoms with van der Waals surface area (Å²) in [6.07, 6.45) is 0. The predicted molar refractivity (Wildman–Crippen MR) is 71.9 cm³/mol. The normalized spacial score (nSPS) is 12.2. The Balaban J connectivity index is 2.15. The van der Waals surface area contributed by atoms with Gasteiger partial charge in [0.1, 0.15) is 11.5 Å². The Labute approximate surface area is 112 Å². The van der Waals surface area contributed by atoms with Gasteiger partial charge in [0, 0.05) is 0 Å². The third-order valence-corrected chi connectivity index (χ3v) is 2.98. The van der Waals surface area contributed by atoms with Gasteiger partial charge >= 0.3 is 0 Å². The van der Waals surface area contributed by atoms with Gasteiger partial charge in [-0.15, -0.1) is 0 Å². The molecule has 0 fully saturated rings. The average Bonchev–Trinajstić information content (AvgIpc) is 2.76. The molecular weight excluding hydrogens is 242 g/mol. The molecule has 19 heavy (non-hydrogen) atoms. The average molecular weight is 259 g/mol.